The fourth-order valence-electron chi connectivity index (χ4n) is 1.28. The molecule has 0 saturated carbocycles. The van der Waals surface area contributed by atoms with Crippen molar-refractivity contribution in [3.8, 4) is 0 Å². The summed E-state index contributed by atoms with van der Waals surface area (Å²) >= 11 is 1.59. The first-order chi connectivity index (χ1) is 7.97. The number of amides is 1. The molecule has 0 radical (unpaired) electrons. The van der Waals surface area contributed by atoms with Crippen LogP contribution in [0.3, 0.4) is 0 Å². The van der Waals surface area contributed by atoms with E-state index in [-0.39, 0.29) is 5.91 Å². The molecule has 4 nitrogen and oxygen atoms in total. The molecule has 1 N–H and O–H groups in total. The van der Waals surface area contributed by atoms with Crippen LogP contribution in [0.2, 0.25) is 0 Å². The Labute approximate surface area is 105 Å². The van der Waals surface area contributed by atoms with E-state index in [1.807, 2.05) is 18.4 Å². The zero-order valence-corrected chi connectivity index (χ0v) is 10.8. The highest BCUT2D eigenvalue weighted by atomic mass is 32.2. The molecule has 0 heterocycles. The molecule has 17 heavy (non-hydrogen) atoms. The Balaban J connectivity index is 2.85. The smallest absolute Gasteiger partial charge is 0.326 e. The number of hydrogen-bond acceptors (Lipinski definition) is 3. The lowest BCUT2D eigenvalue weighted by Gasteiger charge is -2.21. The molecule has 1 aromatic carbocycles. The van der Waals surface area contributed by atoms with E-state index in [0.717, 1.165) is 4.90 Å². The van der Waals surface area contributed by atoms with Crippen LogP contribution < -0.4 is 0 Å². The summed E-state index contributed by atoms with van der Waals surface area (Å²) in [6, 6.07) is 6.27. The standard InChI is InChI=1S/C12H15NO3S/c1-8(12(15)16)13(2)11(14)9-4-6-10(17-3)7-5-9/h4-8H,1-3H3,(H,15,16). The van der Waals surface area contributed by atoms with Crippen LogP contribution in [0.5, 0.6) is 0 Å². The lowest BCUT2D eigenvalue weighted by molar-refractivity contribution is -0.141. The molecule has 0 aliphatic rings. The summed E-state index contributed by atoms with van der Waals surface area (Å²) in [6.07, 6.45) is 1.95. The highest BCUT2D eigenvalue weighted by Crippen LogP contribution is 2.16. The Hall–Kier alpha value is -1.49. The molecule has 92 valence electrons. The van der Waals surface area contributed by atoms with Gasteiger partial charge in [0.1, 0.15) is 6.04 Å². The molecule has 1 amide bonds. The second-order valence-corrected chi connectivity index (χ2v) is 4.54. The van der Waals surface area contributed by atoms with Crippen LogP contribution in [-0.2, 0) is 4.79 Å². The van der Waals surface area contributed by atoms with Gasteiger partial charge in [-0.15, -0.1) is 11.8 Å². The average molecular weight is 253 g/mol. The molecular weight excluding hydrogens is 238 g/mol. The SMILES string of the molecule is CSc1ccc(C(=O)N(C)C(C)C(=O)O)cc1. The molecule has 0 aliphatic heterocycles. The maximum absolute atomic E-state index is 11.9. The number of hydrogen-bond donors (Lipinski definition) is 1. The first-order valence-corrected chi connectivity index (χ1v) is 6.34. The Bertz CT molecular complexity index is 416. The number of likely N-dealkylation sites (N-methyl/N-ethyl adjacent to an activating group) is 1. The van der Waals surface area contributed by atoms with Crippen LogP contribution in [0.15, 0.2) is 29.2 Å². The van der Waals surface area contributed by atoms with Crippen molar-refractivity contribution in [3.63, 3.8) is 0 Å². The zero-order valence-electron chi connectivity index (χ0n) is 10.0. The van der Waals surface area contributed by atoms with Gasteiger partial charge < -0.3 is 10.0 Å². The number of carbonyl (C=O) groups is 2. The monoisotopic (exact) mass is 253 g/mol. The summed E-state index contributed by atoms with van der Waals surface area (Å²) in [5.41, 5.74) is 0.499. The normalized spacial score (nSPS) is 11.9. The van der Waals surface area contributed by atoms with Gasteiger partial charge in [0.05, 0.1) is 0 Å². The van der Waals surface area contributed by atoms with Crippen molar-refractivity contribution in [2.24, 2.45) is 0 Å². The molecule has 1 unspecified atom stereocenters. The number of carboxylic acid groups (broad SMARTS) is 1. The van der Waals surface area contributed by atoms with Crippen molar-refractivity contribution in [1.29, 1.82) is 0 Å². The first-order valence-electron chi connectivity index (χ1n) is 5.11. The lowest BCUT2D eigenvalue weighted by Crippen LogP contribution is -2.40. The van der Waals surface area contributed by atoms with E-state index < -0.39 is 12.0 Å². The van der Waals surface area contributed by atoms with Crippen molar-refractivity contribution < 1.29 is 14.7 Å². The van der Waals surface area contributed by atoms with Crippen molar-refractivity contribution in [1.82, 2.24) is 4.90 Å². The van der Waals surface area contributed by atoms with Crippen molar-refractivity contribution >= 4 is 23.6 Å². The Morgan fingerprint density at radius 3 is 2.24 bits per heavy atom. The van der Waals surface area contributed by atoms with Gasteiger partial charge in [0.15, 0.2) is 0 Å². The molecule has 0 bridgehead atoms. The van der Waals surface area contributed by atoms with E-state index in [1.165, 1.54) is 18.9 Å². The number of aliphatic carboxylic acids is 1. The molecule has 0 spiro atoms. The summed E-state index contributed by atoms with van der Waals surface area (Å²) in [4.78, 5) is 25.0. The first kappa shape index (κ1) is 13.6. The predicted octanol–water partition coefficient (Wildman–Crippen LogP) is 1.95. The van der Waals surface area contributed by atoms with Gasteiger partial charge in [-0.2, -0.15) is 0 Å². The molecular formula is C12H15NO3S. The Morgan fingerprint density at radius 2 is 1.82 bits per heavy atom. The molecule has 1 rings (SSSR count). The number of benzene rings is 1. The minimum Gasteiger partial charge on any atom is -0.480 e. The largest absolute Gasteiger partial charge is 0.480 e. The van der Waals surface area contributed by atoms with Gasteiger partial charge in [0.2, 0.25) is 0 Å². The Kier molecular flexibility index (Phi) is 4.57. The number of carboxylic acids is 1. The van der Waals surface area contributed by atoms with E-state index in [4.69, 9.17) is 5.11 Å². The van der Waals surface area contributed by atoms with E-state index in [0.29, 0.717) is 5.56 Å². The molecule has 0 saturated heterocycles. The number of nitrogens with zero attached hydrogens (tertiary/aromatic N) is 1. The second-order valence-electron chi connectivity index (χ2n) is 3.66. The summed E-state index contributed by atoms with van der Waals surface area (Å²) in [5, 5.41) is 8.83. The molecule has 1 aromatic rings. The van der Waals surface area contributed by atoms with Crippen LogP contribution in [0.1, 0.15) is 17.3 Å². The van der Waals surface area contributed by atoms with E-state index in [2.05, 4.69) is 0 Å². The molecule has 0 aliphatic carbocycles. The summed E-state index contributed by atoms with van der Waals surface area (Å²) in [6.45, 7) is 1.48. The predicted molar refractivity (Wildman–Crippen MR) is 67.4 cm³/mol. The van der Waals surface area contributed by atoms with E-state index in [9.17, 15) is 9.59 Å². The quantitative estimate of drug-likeness (QED) is 0.833. The molecule has 5 heteroatoms. The van der Waals surface area contributed by atoms with Crippen LogP contribution in [0.4, 0.5) is 0 Å². The fraction of sp³-hybridized carbons (Fsp3) is 0.333. The van der Waals surface area contributed by atoms with Crippen LogP contribution in [0.25, 0.3) is 0 Å². The molecule has 0 aromatic heterocycles. The molecule has 1 atom stereocenters. The topological polar surface area (TPSA) is 57.6 Å². The maximum atomic E-state index is 11.9. The minimum atomic E-state index is -1.01. The van der Waals surface area contributed by atoms with Crippen LogP contribution in [-0.4, -0.2) is 41.2 Å². The summed E-state index contributed by atoms with van der Waals surface area (Å²) in [7, 11) is 1.49. The number of thioether (sulfide) groups is 1. The van der Waals surface area contributed by atoms with E-state index in [1.54, 1.807) is 23.9 Å². The minimum absolute atomic E-state index is 0.285. The second kappa shape index (κ2) is 5.72. The summed E-state index contributed by atoms with van der Waals surface area (Å²) in [5.74, 6) is -1.30. The van der Waals surface area contributed by atoms with Crippen molar-refractivity contribution in [2.45, 2.75) is 17.9 Å². The Morgan fingerprint density at radius 1 is 1.29 bits per heavy atom. The van der Waals surface area contributed by atoms with Gasteiger partial charge in [-0.25, -0.2) is 4.79 Å². The van der Waals surface area contributed by atoms with Gasteiger partial charge >= 0.3 is 5.97 Å². The highest BCUT2D eigenvalue weighted by molar-refractivity contribution is 7.98. The maximum Gasteiger partial charge on any atom is 0.326 e. The van der Waals surface area contributed by atoms with E-state index >= 15 is 0 Å². The number of carbonyl (C=O) groups excluding carboxylic acids is 1. The van der Waals surface area contributed by atoms with Gasteiger partial charge in [-0.3, -0.25) is 4.79 Å². The van der Waals surface area contributed by atoms with Crippen LogP contribution >= 0.6 is 11.8 Å². The highest BCUT2D eigenvalue weighted by Gasteiger charge is 2.22. The lowest BCUT2D eigenvalue weighted by atomic mass is 10.2. The van der Waals surface area contributed by atoms with Gasteiger partial charge in [-0.05, 0) is 37.4 Å². The fourth-order valence-corrected chi connectivity index (χ4v) is 1.69. The van der Waals surface area contributed by atoms with Crippen molar-refractivity contribution in [2.75, 3.05) is 13.3 Å². The van der Waals surface area contributed by atoms with Gasteiger partial charge in [0, 0.05) is 17.5 Å². The van der Waals surface area contributed by atoms with Gasteiger partial charge in [-0.1, -0.05) is 0 Å². The third-order valence-corrected chi connectivity index (χ3v) is 3.34. The zero-order chi connectivity index (χ0) is 13.0. The molecule has 0 fully saturated rings. The summed E-state index contributed by atoms with van der Waals surface area (Å²) < 4.78 is 0. The van der Waals surface area contributed by atoms with Gasteiger partial charge in [0.25, 0.3) is 5.91 Å². The van der Waals surface area contributed by atoms with Crippen molar-refractivity contribution in [3.05, 3.63) is 29.8 Å². The number of rotatable bonds is 4. The third kappa shape index (κ3) is 3.23. The average Bonchev–Trinajstić information content (AvgIpc) is 2.36. The third-order valence-electron chi connectivity index (χ3n) is 2.60. The van der Waals surface area contributed by atoms with Crippen LogP contribution in [0, 0.1) is 0 Å².